The van der Waals surface area contributed by atoms with Gasteiger partial charge in [0, 0.05) is 0 Å². The smallest absolute Gasteiger partial charge is 0.405 e. The third-order valence-electron chi connectivity index (χ3n) is 4.29. The maximum atomic E-state index is 13.0. The zero-order chi connectivity index (χ0) is 22.4. The molecule has 9 heteroatoms. The van der Waals surface area contributed by atoms with E-state index >= 15 is 0 Å². The first kappa shape index (κ1) is 21.9. The Morgan fingerprint density at radius 3 is 2.26 bits per heavy atom. The molecule has 0 aliphatic heterocycles. The van der Waals surface area contributed by atoms with Crippen LogP contribution in [0.2, 0.25) is 0 Å². The van der Waals surface area contributed by atoms with Gasteiger partial charge in [-0.05, 0) is 35.0 Å². The molecule has 3 aromatic carbocycles. The van der Waals surface area contributed by atoms with Crippen LogP contribution in [0.3, 0.4) is 0 Å². The number of carbonyl (C=O) groups is 2. The van der Waals surface area contributed by atoms with Crippen LogP contribution in [-0.4, -0.2) is 38.3 Å². The molecule has 162 valence electrons. The van der Waals surface area contributed by atoms with Gasteiger partial charge in [-0.25, -0.2) is 0 Å². The fourth-order valence-electron chi connectivity index (χ4n) is 2.85. The maximum absolute atomic E-state index is 13.0. The summed E-state index contributed by atoms with van der Waals surface area (Å²) in [6, 6.07) is 17.1. The number of benzene rings is 3. The number of ether oxygens (including phenoxy) is 2. The Bertz CT molecular complexity index is 1100. The van der Waals surface area contributed by atoms with E-state index in [4.69, 9.17) is 9.47 Å². The summed E-state index contributed by atoms with van der Waals surface area (Å²) in [5, 5.41) is 5.94. The van der Waals surface area contributed by atoms with Crippen LogP contribution in [-0.2, 0) is 4.79 Å². The highest BCUT2D eigenvalue weighted by Crippen LogP contribution is 2.29. The maximum Gasteiger partial charge on any atom is 0.405 e. The van der Waals surface area contributed by atoms with Gasteiger partial charge in [0.1, 0.15) is 18.0 Å². The van der Waals surface area contributed by atoms with Crippen LogP contribution in [0.1, 0.15) is 10.4 Å². The Balaban J connectivity index is 1.85. The number of fused-ring (bicyclic) bond motifs is 1. The summed E-state index contributed by atoms with van der Waals surface area (Å²) in [6.45, 7) is -2.14. The average molecular weight is 432 g/mol. The van der Waals surface area contributed by atoms with E-state index in [-0.39, 0.29) is 11.3 Å². The second-order valence-electron chi connectivity index (χ2n) is 6.53. The molecular weight excluding hydrogens is 413 g/mol. The molecule has 3 rings (SSSR count). The molecule has 31 heavy (non-hydrogen) atoms. The van der Waals surface area contributed by atoms with Crippen LogP contribution in [0.5, 0.6) is 11.5 Å². The molecular formula is C22H19F3N2O4. The van der Waals surface area contributed by atoms with E-state index in [0.29, 0.717) is 11.4 Å². The molecule has 0 aliphatic carbocycles. The minimum Gasteiger partial charge on any atom is -0.495 e. The number of nitrogens with one attached hydrogen (secondary N) is 2. The third kappa shape index (κ3) is 5.88. The Hall–Kier alpha value is -3.75. The van der Waals surface area contributed by atoms with E-state index in [0.717, 1.165) is 10.8 Å². The molecule has 0 unspecified atom stereocenters. The lowest BCUT2D eigenvalue weighted by Crippen LogP contribution is -2.36. The van der Waals surface area contributed by atoms with Crippen LogP contribution in [0.4, 0.5) is 18.9 Å². The predicted molar refractivity (Wildman–Crippen MR) is 109 cm³/mol. The first-order valence-electron chi connectivity index (χ1n) is 9.20. The zero-order valence-electron chi connectivity index (χ0n) is 16.5. The van der Waals surface area contributed by atoms with E-state index in [1.165, 1.54) is 7.11 Å². The Morgan fingerprint density at radius 1 is 0.935 bits per heavy atom. The standard InChI is InChI=1S/C22H19F3N2O4/c1-30-18-9-5-4-8-17(18)27-21(29)16-10-14-6-2-3-7-15(14)11-19(16)31-12-20(28)26-13-22(23,24)25/h2-11H,12-13H2,1H3,(H,26,28)(H,27,29). The highest BCUT2D eigenvalue weighted by atomic mass is 19.4. The van der Waals surface area contributed by atoms with E-state index in [2.05, 4.69) is 5.32 Å². The summed E-state index contributed by atoms with van der Waals surface area (Å²) in [4.78, 5) is 24.7. The van der Waals surface area contributed by atoms with Gasteiger partial charge >= 0.3 is 6.18 Å². The normalized spacial score (nSPS) is 11.1. The van der Waals surface area contributed by atoms with Crippen molar-refractivity contribution in [1.82, 2.24) is 5.32 Å². The Kier molecular flexibility index (Phi) is 6.64. The highest BCUT2D eigenvalue weighted by molar-refractivity contribution is 6.09. The molecule has 0 aromatic heterocycles. The fraction of sp³-hybridized carbons (Fsp3) is 0.182. The van der Waals surface area contributed by atoms with Crippen molar-refractivity contribution >= 4 is 28.3 Å². The third-order valence-corrected chi connectivity index (χ3v) is 4.29. The molecule has 0 saturated carbocycles. The van der Waals surface area contributed by atoms with Crippen LogP contribution < -0.4 is 20.1 Å². The first-order valence-corrected chi connectivity index (χ1v) is 9.20. The molecule has 6 nitrogen and oxygen atoms in total. The van der Waals surface area contributed by atoms with Crippen molar-refractivity contribution in [2.75, 3.05) is 25.6 Å². The quantitative estimate of drug-likeness (QED) is 0.588. The minimum absolute atomic E-state index is 0.0632. The SMILES string of the molecule is COc1ccccc1NC(=O)c1cc2ccccc2cc1OCC(=O)NCC(F)(F)F. The van der Waals surface area contributed by atoms with Crippen molar-refractivity contribution in [1.29, 1.82) is 0 Å². The van der Waals surface area contributed by atoms with Gasteiger partial charge in [0.05, 0.1) is 18.4 Å². The molecule has 3 aromatic rings. The number of hydrogen-bond donors (Lipinski definition) is 2. The predicted octanol–water partition coefficient (Wildman–Crippen LogP) is 4.16. The topological polar surface area (TPSA) is 76.7 Å². The van der Waals surface area contributed by atoms with Gasteiger partial charge in [-0.2, -0.15) is 13.2 Å². The van der Waals surface area contributed by atoms with Crippen molar-refractivity contribution in [2.45, 2.75) is 6.18 Å². The summed E-state index contributed by atoms with van der Waals surface area (Å²) < 4.78 is 47.5. The molecule has 0 atom stereocenters. The average Bonchev–Trinajstić information content (AvgIpc) is 2.75. The lowest BCUT2D eigenvalue weighted by molar-refractivity contribution is -0.139. The van der Waals surface area contributed by atoms with Gasteiger partial charge in [-0.3, -0.25) is 9.59 Å². The van der Waals surface area contributed by atoms with Crippen molar-refractivity contribution in [3.63, 3.8) is 0 Å². The number of rotatable bonds is 7. The van der Waals surface area contributed by atoms with Gasteiger partial charge in [0.15, 0.2) is 6.61 Å². The molecule has 2 amide bonds. The number of alkyl halides is 3. The monoisotopic (exact) mass is 432 g/mol. The lowest BCUT2D eigenvalue weighted by atomic mass is 10.1. The molecule has 0 radical (unpaired) electrons. The molecule has 0 heterocycles. The number of halogens is 3. The van der Waals surface area contributed by atoms with Gasteiger partial charge < -0.3 is 20.1 Å². The summed E-state index contributed by atoms with van der Waals surface area (Å²) in [6.07, 6.45) is -4.53. The molecule has 0 spiro atoms. The number of carbonyl (C=O) groups excluding carboxylic acids is 2. The van der Waals surface area contributed by atoms with Crippen molar-refractivity contribution in [3.8, 4) is 11.5 Å². The number of hydrogen-bond acceptors (Lipinski definition) is 4. The zero-order valence-corrected chi connectivity index (χ0v) is 16.5. The van der Waals surface area contributed by atoms with Gasteiger partial charge in [-0.15, -0.1) is 0 Å². The number of para-hydroxylation sites is 2. The number of methoxy groups -OCH3 is 1. The summed E-state index contributed by atoms with van der Waals surface area (Å²) in [5.74, 6) is -0.971. The Labute approximate surface area is 176 Å². The fourth-order valence-corrected chi connectivity index (χ4v) is 2.85. The second kappa shape index (κ2) is 9.38. The van der Waals surface area contributed by atoms with E-state index < -0.39 is 31.1 Å². The molecule has 2 N–H and O–H groups in total. The van der Waals surface area contributed by atoms with Crippen LogP contribution in [0.25, 0.3) is 10.8 Å². The molecule has 0 fully saturated rings. The number of anilines is 1. The summed E-state index contributed by atoms with van der Waals surface area (Å²) in [5.41, 5.74) is 0.547. The van der Waals surface area contributed by atoms with Gasteiger partial charge in [0.25, 0.3) is 11.8 Å². The van der Waals surface area contributed by atoms with E-state index in [1.54, 1.807) is 66.0 Å². The van der Waals surface area contributed by atoms with Crippen LogP contribution in [0, 0.1) is 0 Å². The minimum atomic E-state index is -4.53. The van der Waals surface area contributed by atoms with Crippen molar-refractivity contribution in [3.05, 3.63) is 66.2 Å². The largest absolute Gasteiger partial charge is 0.495 e. The van der Waals surface area contributed by atoms with Crippen LogP contribution in [0.15, 0.2) is 60.7 Å². The van der Waals surface area contributed by atoms with Gasteiger partial charge in [-0.1, -0.05) is 36.4 Å². The summed E-state index contributed by atoms with van der Waals surface area (Å²) in [7, 11) is 1.47. The van der Waals surface area contributed by atoms with Crippen molar-refractivity contribution in [2.24, 2.45) is 0 Å². The lowest BCUT2D eigenvalue weighted by Gasteiger charge is -2.15. The van der Waals surface area contributed by atoms with E-state index in [9.17, 15) is 22.8 Å². The van der Waals surface area contributed by atoms with E-state index in [1.807, 2.05) is 0 Å². The number of amides is 2. The second-order valence-corrected chi connectivity index (χ2v) is 6.53. The Morgan fingerprint density at radius 2 is 1.58 bits per heavy atom. The highest BCUT2D eigenvalue weighted by Gasteiger charge is 2.27. The molecule has 0 aliphatic rings. The molecule has 0 bridgehead atoms. The molecule has 0 saturated heterocycles. The summed E-state index contributed by atoms with van der Waals surface area (Å²) >= 11 is 0. The van der Waals surface area contributed by atoms with Crippen molar-refractivity contribution < 1.29 is 32.2 Å². The first-order chi connectivity index (χ1) is 14.8. The van der Waals surface area contributed by atoms with Crippen LogP contribution >= 0.6 is 0 Å². The van der Waals surface area contributed by atoms with Gasteiger partial charge in [0.2, 0.25) is 0 Å².